The molecule has 1 N–H and O–H groups in total. The molecule has 8 nitrogen and oxygen atoms in total. The molecule has 0 bridgehead atoms. The van der Waals surface area contributed by atoms with Crippen LogP contribution in [0.4, 0.5) is 13.2 Å². The van der Waals surface area contributed by atoms with Crippen molar-refractivity contribution in [2.45, 2.75) is 6.61 Å². The molecule has 0 saturated carbocycles. The number of benzene rings is 2. The van der Waals surface area contributed by atoms with Gasteiger partial charge in [0, 0.05) is 24.1 Å². The highest BCUT2D eigenvalue weighted by Gasteiger charge is 2.20. The number of nitrogens with one attached hydrogen (secondary N) is 1. The van der Waals surface area contributed by atoms with Gasteiger partial charge in [-0.05, 0) is 24.3 Å². The van der Waals surface area contributed by atoms with Gasteiger partial charge in [0.2, 0.25) is 0 Å². The molecule has 0 spiro atoms. The van der Waals surface area contributed by atoms with Gasteiger partial charge >= 0.3 is 6.61 Å². The summed E-state index contributed by atoms with van der Waals surface area (Å²) in [7, 11) is 1.39. The molecule has 0 aliphatic carbocycles. The van der Waals surface area contributed by atoms with Crippen molar-refractivity contribution in [1.29, 1.82) is 0 Å². The number of alkyl halides is 3. The molecular weight excluding hydrogens is 437 g/mol. The molecule has 12 heteroatoms. The Kier molecular flexibility index (Phi) is 7.38. The van der Waals surface area contributed by atoms with E-state index in [1.807, 2.05) is 0 Å². The summed E-state index contributed by atoms with van der Waals surface area (Å²) < 4.78 is 51.5. The summed E-state index contributed by atoms with van der Waals surface area (Å²) in [6.45, 7) is -4.16. The average Bonchev–Trinajstić information content (AvgIpc) is 3.23. The van der Waals surface area contributed by atoms with Gasteiger partial charge in [-0.1, -0.05) is 29.4 Å². The van der Waals surface area contributed by atoms with Crippen LogP contribution in [0.25, 0.3) is 11.4 Å². The Labute approximate surface area is 178 Å². The van der Waals surface area contributed by atoms with Gasteiger partial charge in [0.1, 0.15) is 11.5 Å². The predicted molar refractivity (Wildman–Crippen MR) is 106 cm³/mol. The zero-order valence-electron chi connectivity index (χ0n) is 15.9. The fourth-order valence-corrected chi connectivity index (χ4v) is 3.01. The zero-order chi connectivity index (χ0) is 22.2. The Balaban J connectivity index is 1.87. The summed E-state index contributed by atoms with van der Waals surface area (Å²) in [5.74, 6) is -0.212. The number of carbonyl (C=O) groups is 1. The predicted octanol–water partition coefficient (Wildman–Crippen LogP) is 3.99. The normalized spacial score (nSPS) is 11.3. The minimum Gasteiger partial charge on any atom is -0.435 e. The van der Waals surface area contributed by atoms with Gasteiger partial charge in [0.15, 0.2) is 11.5 Å². The quantitative estimate of drug-likeness (QED) is 0.390. The second-order valence-corrected chi connectivity index (χ2v) is 6.36. The largest absolute Gasteiger partial charge is 0.435 e. The summed E-state index contributed by atoms with van der Waals surface area (Å²) in [5.41, 5.74) is 0.484. The van der Waals surface area contributed by atoms with E-state index in [1.54, 1.807) is 24.3 Å². The summed E-state index contributed by atoms with van der Waals surface area (Å²) in [6.07, 6.45) is 0. The summed E-state index contributed by atoms with van der Waals surface area (Å²) in [4.78, 5) is 20.8. The lowest BCUT2D eigenvalue weighted by molar-refractivity contribution is -0.114. The molecule has 31 heavy (non-hydrogen) atoms. The van der Waals surface area contributed by atoms with Crippen LogP contribution in [0.5, 0.6) is 16.7 Å². The Hall–Kier alpha value is -3.67. The first-order valence-corrected chi connectivity index (χ1v) is 9.43. The molecule has 0 unspecified atom stereocenters. The van der Waals surface area contributed by atoms with Crippen molar-refractivity contribution in [3.63, 3.8) is 0 Å². The third kappa shape index (κ3) is 5.69. The number of hydrogen-bond acceptors (Lipinski definition) is 8. The minimum absolute atomic E-state index is 0.0330. The van der Waals surface area contributed by atoms with E-state index in [-0.39, 0.29) is 33.8 Å². The second kappa shape index (κ2) is 10.4. The smallest absolute Gasteiger partial charge is 0.387 e. The lowest BCUT2D eigenvalue weighted by atomic mass is 10.1. The van der Waals surface area contributed by atoms with Gasteiger partial charge in [0.25, 0.3) is 18.0 Å². The Bertz CT molecular complexity index is 1080. The number of halogens is 3. The first-order valence-electron chi connectivity index (χ1n) is 8.66. The van der Waals surface area contributed by atoms with Crippen molar-refractivity contribution in [1.82, 2.24) is 14.7 Å². The number of oxime groups is 1. The molecular formula is C19H15F3N4O4S. The van der Waals surface area contributed by atoms with Crippen LogP contribution in [-0.2, 0) is 9.63 Å². The number of carbonyl (C=O) groups excluding carboxylic acids is 1. The van der Waals surface area contributed by atoms with Gasteiger partial charge < -0.3 is 19.6 Å². The molecule has 0 fully saturated rings. The lowest BCUT2D eigenvalue weighted by Gasteiger charge is -2.10. The molecule has 3 aromatic rings. The molecule has 1 heterocycles. The Morgan fingerprint density at radius 2 is 2.03 bits per heavy atom. The number of ether oxygens (including phenoxy) is 2. The molecule has 0 saturated heterocycles. The van der Waals surface area contributed by atoms with Crippen molar-refractivity contribution in [3.05, 3.63) is 54.1 Å². The van der Waals surface area contributed by atoms with Crippen LogP contribution in [0.2, 0.25) is 0 Å². The van der Waals surface area contributed by atoms with Gasteiger partial charge in [-0.25, -0.2) is 4.39 Å². The van der Waals surface area contributed by atoms with Crippen LogP contribution in [0.3, 0.4) is 0 Å². The fourth-order valence-electron chi connectivity index (χ4n) is 2.45. The van der Waals surface area contributed by atoms with Crippen molar-refractivity contribution in [2.24, 2.45) is 5.16 Å². The van der Waals surface area contributed by atoms with E-state index in [9.17, 15) is 18.0 Å². The van der Waals surface area contributed by atoms with Crippen LogP contribution in [0.1, 0.15) is 5.56 Å². The van der Waals surface area contributed by atoms with Gasteiger partial charge in [-0.2, -0.15) is 18.1 Å². The number of aromatic nitrogens is 2. The van der Waals surface area contributed by atoms with E-state index in [0.29, 0.717) is 5.56 Å². The molecule has 0 radical (unpaired) electrons. The maximum atomic E-state index is 12.4. The fraction of sp³-hybridized carbons (Fsp3) is 0.158. The van der Waals surface area contributed by atoms with E-state index in [1.165, 1.54) is 31.3 Å². The van der Waals surface area contributed by atoms with Gasteiger partial charge in [0.05, 0.1) is 5.56 Å². The van der Waals surface area contributed by atoms with Crippen molar-refractivity contribution in [3.8, 4) is 28.1 Å². The zero-order valence-corrected chi connectivity index (χ0v) is 16.7. The third-order valence-corrected chi connectivity index (χ3v) is 4.31. The average molecular weight is 452 g/mol. The number of rotatable bonds is 9. The first-order chi connectivity index (χ1) is 15.0. The second-order valence-electron chi connectivity index (χ2n) is 5.65. The number of hydrogen-bond donors (Lipinski definition) is 1. The molecule has 0 atom stereocenters. The minimum atomic E-state index is -2.95. The Morgan fingerprint density at radius 3 is 2.77 bits per heavy atom. The summed E-state index contributed by atoms with van der Waals surface area (Å²) in [6, 6.07) is 12.3. The molecule has 2 aromatic carbocycles. The van der Waals surface area contributed by atoms with E-state index >= 15 is 0 Å². The van der Waals surface area contributed by atoms with Gasteiger partial charge in [-0.15, -0.1) is 0 Å². The highest BCUT2D eigenvalue weighted by atomic mass is 32.1. The molecule has 0 aliphatic rings. The number of nitrogens with zero attached hydrogens (tertiary/aromatic N) is 3. The SMILES string of the molecule is CNC(=O)/C(=N/OCF)c1ccccc1Oc1nc(-c2cccc(OC(F)F)c2)ns1. The topological polar surface area (TPSA) is 94.9 Å². The maximum absolute atomic E-state index is 12.4. The van der Waals surface area contributed by atoms with E-state index in [0.717, 1.165) is 11.5 Å². The van der Waals surface area contributed by atoms with Crippen molar-refractivity contribution >= 4 is 23.2 Å². The molecule has 0 aliphatic heterocycles. The highest BCUT2D eigenvalue weighted by molar-refractivity contribution is 7.07. The van der Waals surface area contributed by atoms with Crippen LogP contribution >= 0.6 is 11.5 Å². The summed E-state index contributed by atoms with van der Waals surface area (Å²) in [5, 5.41) is 6.02. The monoisotopic (exact) mass is 452 g/mol. The third-order valence-electron chi connectivity index (χ3n) is 3.71. The maximum Gasteiger partial charge on any atom is 0.387 e. The molecule has 162 valence electrons. The molecule has 1 aromatic heterocycles. The molecule has 1 amide bonds. The highest BCUT2D eigenvalue weighted by Crippen LogP contribution is 2.31. The first kappa shape index (κ1) is 22.0. The van der Waals surface area contributed by atoms with Crippen molar-refractivity contribution in [2.75, 3.05) is 13.9 Å². The van der Waals surface area contributed by atoms with Crippen LogP contribution in [-0.4, -0.2) is 41.5 Å². The molecule has 3 rings (SSSR count). The standard InChI is InChI=1S/C19H15F3N4O4S/c1-23-17(27)15(25-28-10-20)13-7-2-3-8-14(13)30-19-24-16(26-31-19)11-5-4-6-12(9-11)29-18(21)22/h2-9,18H,10H2,1H3,(H,23,27)/b25-15+. The van der Waals surface area contributed by atoms with Crippen LogP contribution in [0, 0.1) is 0 Å². The van der Waals surface area contributed by atoms with Gasteiger partial charge in [-0.3, -0.25) is 4.79 Å². The summed E-state index contributed by atoms with van der Waals surface area (Å²) >= 11 is 0.907. The number of amides is 1. The lowest BCUT2D eigenvalue weighted by Crippen LogP contribution is -2.29. The van der Waals surface area contributed by atoms with Crippen molar-refractivity contribution < 1.29 is 32.3 Å². The number of para-hydroxylation sites is 1. The van der Waals surface area contributed by atoms with E-state index < -0.39 is 19.4 Å². The van der Waals surface area contributed by atoms with Crippen LogP contribution < -0.4 is 14.8 Å². The Morgan fingerprint density at radius 1 is 1.23 bits per heavy atom. The van der Waals surface area contributed by atoms with E-state index in [4.69, 9.17) is 4.74 Å². The number of likely N-dealkylation sites (N-methyl/N-ethyl adjacent to an activating group) is 1. The van der Waals surface area contributed by atoms with Crippen LogP contribution in [0.15, 0.2) is 53.7 Å². The van der Waals surface area contributed by atoms with E-state index in [2.05, 4.69) is 29.4 Å².